The van der Waals surface area contributed by atoms with E-state index in [-0.39, 0.29) is 35.7 Å². The smallest absolute Gasteiger partial charge is 0.333 e. The van der Waals surface area contributed by atoms with Crippen LogP contribution in [0.5, 0.6) is 0 Å². The number of ether oxygens (including phenoxy) is 3. The Morgan fingerprint density at radius 2 is 1.70 bits per heavy atom. The fourth-order valence-electron chi connectivity index (χ4n) is 3.94. The van der Waals surface area contributed by atoms with E-state index in [0.717, 1.165) is 24.8 Å². The molecule has 0 bridgehead atoms. The molecule has 2 fully saturated rings. The van der Waals surface area contributed by atoms with Crippen LogP contribution in [0, 0.1) is 11.8 Å². The minimum absolute atomic E-state index is 0.0201. The van der Waals surface area contributed by atoms with E-state index in [0.29, 0.717) is 23.5 Å². The zero-order valence-electron chi connectivity index (χ0n) is 19.6. The first-order valence-electron chi connectivity index (χ1n) is 11.0. The summed E-state index contributed by atoms with van der Waals surface area (Å²) in [6.45, 7) is 17.7. The van der Waals surface area contributed by atoms with E-state index in [9.17, 15) is 9.59 Å². The van der Waals surface area contributed by atoms with Gasteiger partial charge in [-0.2, -0.15) is 0 Å². The molecule has 0 aromatic carbocycles. The molecule has 1 aliphatic carbocycles. The van der Waals surface area contributed by atoms with Crippen molar-refractivity contribution in [2.45, 2.75) is 98.1 Å². The third kappa shape index (κ3) is 6.07. The summed E-state index contributed by atoms with van der Waals surface area (Å²) in [4.78, 5) is 24.9. The van der Waals surface area contributed by atoms with Crippen molar-refractivity contribution in [2.24, 2.45) is 11.8 Å². The molecule has 1 heterocycles. The number of hydrogen-bond donors (Lipinski definition) is 0. The molecule has 0 aromatic rings. The first-order valence-corrected chi connectivity index (χ1v) is 11.0. The van der Waals surface area contributed by atoms with Gasteiger partial charge >= 0.3 is 11.9 Å². The topological polar surface area (TPSA) is 65.1 Å². The summed E-state index contributed by atoms with van der Waals surface area (Å²) in [5, 5.41) is 0. The first-order chi connectivity index (χ1) is 14.0. The van der Waals surface area contributed by atoms with E-state index in [1.807, 2.05) is 27.7 Å². The average molecular weight is 419 g/mol. The zero-order chi connectivity index (χ0) is 22.6. The highest BCUT2D eigenvalue weighted by Crippen LogP contribution is 2.43. The van der Waals surface area contributed by atoms with Crippen LogP contribution < -0.4 is 0 Å². The number of carbonyl (C=O) groups is 2. The fourth-order valence-corrected chi connectivity index (χ4v) is 3.94. The Labute approximate surface area is 181 Å². The van der Waals surface area contributed by atoms with E-state index < -0.39 is 6.10 Å². The summed E-state index contributed by atoms with van der Waals surface area (Å²) in [7, 11) is 0. The van der Waals surface area contributed by atoms with Crippen molar-refractivity contribution >= 4 is 11.9 Å². The molecule has 1 saturated heterocycles. The quantitative estimate of drug-likeness (QED) is 0.231. The average Bonchev–Trinajstić information content (AvgIpc) is 3.31. The number of hydrogen-bond acceptors (Lipinski definition) is 5. The molecular weight excluding hydrogens is 380 g/mol. The van der Waals surface area contributed by atoms with Crippen LogP contribution in [0.1, 0.15) is 74.1 Å². The lowest BCUT2D eigenvalue weighted by Gasteiger charge is -2.37. The van der Waals surface area contributed by atoms with E-state index in [1.54, 1.807) is 26.0 Å². The summed E-state index contributed by atoms with van der Waals surface area (Å²) >= 11 is 0. The molecule has 5 nitrogen and oxygen atoms in total. The molecule has 0 unspecified atom stereocenters. The highest BCUT2D eigenvalue weighted by atomic mass is 16.6. The van der Waals surface area contributed by atoms with Gasteiger partial charge in [0.2, 0.25) is 0 Å². The van der Waals surface area contributed by atoms with Gasteiger partial charge in [0.1, 0.15) is 12.2 Å². The number of carbonyl (C=O) groups excluding carboxylic acids is 2. The molecule has 5 heteroatoms. The predicted molar refractivity (Wildman–Crippen MR) is 118 cm³/mol. The highest BCUT2D eigenvalue weighted by Gasteiger charge is 2.50. The lowest BCUT2D eigenvalue weighted by atomic mass is 9.75. The molecule has 0 spiro atoms. The third-order valence-corrected chi connectivity index (χ3v) is 6.55. The van der Waals surface area contributed by atoms with Gasteiger partial charge in [-0.3, -0.25) is 0 Å². The van der Waals surface area contributed by atoms with Gasteiger partial charge in [-0.25, -0.2) is 9.59 Å². The van der Waals surface area contributed by atoms with E-state index in [4.69, 9.17) is 14.2 Å². The third-order valence-electron chi connectivity index (χ3n) is 6.55. The van der Waals surface area contributed by atoms with Gasteiger partial charge in [-0.15, -0.1) is 0 Å². The summed E-state index contributed by atoms with van der Waals surface area (Å²) in [5.74, 6) is -0.209. The Hall–Kier alpha value is -1.88. The van der Waals surface area contributed by atoms with Gasteiger partial charge in [0.05, 0.1) is 11.7 Å². The van der Waals surface area contributed by atoms with Gasteiger partial charge in [0.25, 0.3) is 0 Å². The van der Waals surface area contributed by atoms with Crippen LogP contribution in [-0.4, -0.2) is 35.9 Å². The second-order valence-electron chi connectivity index (χ2n) is 9.33. The maximum Gasteiger partial charge on any atom is 0.333 e. The standard InChI is InChI=1S/C25H38O5/c1-9-16(4)23(26)28-20(14-22-25(7,8)30-22)18(6)19-12-11-15(3)13-21(19)29-24(27)17(5)10-2/h9-10,15,19-22H,6,11-14H2,1-5,7-8H3/b16-9+,17-10+/t15-,19+,20+,21-,22+/m1/s1. The Morgan fingerprint density at radius 3 is 2.23 bits per heavy atom. The minimum atomic E-state index is -0.471. The largest absolute Gasteiger partial charge is 0.458 e. The van der Waals surface area contributed by atoms with Gasteiger partial charge in [-0.05, 0) is 72.3 Å². The normalized spacial score (nSPS) is 29.7. The minimum Gasteiger partial charge on any atom is -0.458 e. The maximum atomic E-state index is 12.5. The van der Waals surface area contributed by atoms with Crippen LogP contribution >= 0.6 is 0 Å². The molecule has 0 aromatic heterocycles. The molecule has 168 valence electrons. The van der Waals surface area contributed by atoms with E-state index in [1.165, 1.54) is 0 Å². The summed E-state index contributed by atoms with van der Waals surface area (Å²) in [5.41, 5.74) is 1.77. The van der Waals surface area contributed by atoms with Gasteiger partial charge in [0, 0.05) is 23.5 Å². The molecule has 1 aliphatic heterocycles. The van der Waals surface area contributed by atoms with Crippen molar-refractivity contribution in [1.82, 2.24) is 0 Å². The molecule has 0 amide bonds. The monoisotopic (exact) mass is 418 g/mol. The van der Waals surface area contributed by atoms with Crippen molar-refractivity contribution in [1.29, 1.82) is 0 Å². The Kier molecular flexibility index (Phi) is 8.09. The fraction of sp³-hybridized carbons (Fsp3) is 0.680. The summed E-state index contributed by atoms with van der Waals surface area (Å²) in [6.07, 6.45) is 6.02. The Bertz CT molecular complexity index is 730. The van der Waals surface area contributed by atoms with Crippen molar-refractivity contribution in [3.63, 3.8) is 0 Å². The molecular formula is C25H38O5. The Morgan fingerprint density at radius 1 is 1.13 bits per heavy atom. The molecule has 2 rings (SSSR count). The van der Waals surface area contributed by atoms with Gasteiger partial charge in [-0.1, -0.05) is 25.7 Å². The number of esters is 2. The maximum absolute atomic E-state index is 12.5. The van der Waals surface area contributed by atoms with Gasteiger partial charge < -0.3 is 14.2 Å². The number of rotatable bonds is 8. The van der Waals surface area contributed by atoms with Crippen molar-refractivity contribution in [3.05, 3.63) is 35.5 Å². The number of epoxide rings is 1. The van der Waals surface area contributed by atoms with Crippen molar-refractivity contribution in [2.75, 3.05) is 0 Å². The Balaban J connectivity index is 2.21. The van der Waals surface area contributed by atoms with Crippen molar-refractivity contribution < 1.29 is 23.8 Å². The second kappa shape index (κ2) is 9.95. The summed E-state index contributed by atoms with van der Waals surface area (Å²) in [6, 6.07) is 0. The number of allylic oxidation sites excluding steroid dienone is 2. The van der Waals surface area contributed by atoms with Crippen LogP contribution in [0.15, 0.2) is 35.5 Å². The highest BCUT2D eigenvalue weighted by molar-refractivity contribution is 5.88. The van der Waals surface area contributed by atoms with Crippen molar-refractivity contribution in [3.8, 4) is 0 Å². The predicted octanol–water partition coefficient (Wildman–Crippen LogP) is 5.30. The SMILES string of the molecule is C=C([C@H](C[C@@H]1OC1(C)C)OC(=O)/C(C)=C/C)[C@@H]1CC[C@@H](C)C[C@H]1OC(=O)/C(C)=C/C. The molecule has 1 saturated carbocycles. The second-order valence-corrected chi connectivity index (χ2v) is 9.33. The van der Waals surface area contributed by atoms with Crippen LogP contribution in [0.25, 0.3) is 0 Å². The van der Waals surface area contributed by atoms with Crippen LogP contribution in [0.2, 0.25) is 0 Å². The van der Waals surface area contributed by atoms with E-state index in [2.05, 4.69) is 13.5 Å². The lowest BCUT2D eigenvalue weighted by molar-refractivity contribution is -0.151. The van der Waals surface area contributed by atoms with Crippen LogP contribution in [-0.2, 0) is 23.8 Å². The molecule has 0 N–H and O–H groups in total. The molecule has 2 aliphatic rings. The molecule has 30 heavy (non-hydrogen) atoms. The van der Waals surface area contributed by atoms with Crippen LogP contribution in [0.4, 0.5) is 0 Å². The zero-order valence-corrected chi connectivity index (χ0v) is 19.6. The van der Waals surface area contributed by atoms with E-state index >= 15 is 0 Å². The van der Waals surface area contributed by atoms with Crippen LogP contribution in [0.3, 0.4) is 0 Å². The molecule has 0 radical (unpaired) electrons. The molecule has 5 atom stereocenters. The lowest BCUT2D eigenvalue weighted by Crippen LogP contribution is -2.38. The first kappa shape index (κ1) is 24.4. The van der Waals surface area contributed by atoms with Gasteiger partial charge in [0.15, 0.2) is 0 Å². The summed E-state index contributed by atoms with van der Waals surface area (Å²) < 4.78 is 17.5.